The highest BCUT2D eigenvalue weighted by Gasteiger charge is 2.50. The van der Waals surface area contributed by atoms with Crippen molar-refractivity contribution in [2.75, 3.05) is 7.11 Å². The van der Waals surface area contributed by atoms with Gasteiger partial charge >= 0.3 is 11.9 Å². The van der Waals surface area contributed by atoms with Gasteiger partial charge in [0.05, 0.1) is 13.5 Å². The number of carbonyl (C=O) groups is 3. The van der Waals surface area contributed by atoms with Gasteiger partial charge in [0, 0.05) is 5.56 Å². The Kier molecular flexibility index (Phi) is 6.01. The van der Waals surface area contributed by atoms with E-state index in [1.807, 2.05) is 12.1 Å². The Morgan fingerprint density at radius 1 is 1.19 bits per heavy atom. The SMILES string of the molecule is COC(=O)C/C=C/C[C@@]1(C(=O)OC(C)(C)C)CCc2ccccc2C1=O. The van der Waals surface area contributed by atoms with Gasteiger partial charge in [0.25, 0.3) is 0 Å². The molecular formula is C21H26O5. The van der Waals surface area contributed by atoms with Crippen LogP contribution in [-0.2, 0) is 25.5 Å². The van der Waals surface area contributed by atoms with Crippen molar-refractivity contribution >= 4 is 17.7 Å². The maximum Gasteiger partial charge on any atom is 0.320 e. The molecule has 0 fully saturated rings. The first-order valence-corrected chi connectivity index (χ1v) is 8.77. The van der Waals surface area contributed by atoms with E-state index in [2.05, 4.69) is 4.74 Å². The van der Waals surface area contributed by atoms with E-state index < -0.39 is 17.0 Å². The summed E-state index contributed by atoms with van der Waals surface area (Å²) >= 11 is 0. The van der Waals surface area contributed by atoms with E-state index in [9.17, 15) is 14.4 Å². The predicted molar refractivity (Wildman–Crippen MR) is 97.8 cm³/mol. The summed E-state index contributed by atoms with van der Waals surface area (Å²) in [7, 11) is 1.32. The number of aryl methyl sites for hydroxylation is 1. The number of rotatable bonds is 5. The van der Waals surface area contributed by atoms with E-state index in [0.29, 0.717) is 18.4 Å². The molecule has 0 saturated carbocycles. The monoisotopic (exact) mass is 358 g/mol. The number of benzene rings is 1. The Morgan fingerprint density at radius 2 is 1.88 bits per heavy atom. The second-order valence-corrected chi connectivity index (χ2v) is 7.53. The molecule has 2 rings (SSSR count). The Hall–Kier alpha value is -2.43. The number of esters is 2. The number of hydrogen-bond donors (Lipinski definition) is 0. The molecule has 0 radical (unpaired) electrons. The first-order chi connectivity index (χ1) is 12.2. The normalized spacial score (nSPS) is 19.9. The summed E-state index contributed by atoms with van der Waals surface area (Å²) < 4.78 is 10.2. The van der Waals surface area contributed by atoms with Crippen molar-refractivity contribution in [3.63, 3.8) is 0 Å². The van der Waals surface area contributed by atoms with Crippen LogP contribution in [0.4, 0.5) is 0 Å². The number of ether oxygens (including phenoxy) is 2. The fourth-order valence-electron chi connectivity index (χ4n) is 3.08. The van der Waals surface area contributed by atoms with Crippen molar-refractivity contribution in [2.24, 2.45) is 5.41 Å². The molecule has 0 bridgehead atoms. The minimum Gasteiger partial charge on any atom is -0.469 e. The average Bonchev–Trinajstić information content (AvgIpc) is 2.59. The van der Waals surface area contributed by atoms with Gasteiger partial charge in [0.2, 0.25) is 0 Å². The Morgan fingerprint density at radius 3 is 2.54 bits per heavy atom. The summed E-state index contributed by atoms with van der Waals surface area (Å²) in [4.78, 5) is 37.5. The van der Waals surface area contributed by atoms with E-state index in [1.165, 1.54) is 7.11 Å². The van der Waals surface area contributed by atoms with Gasteiger partial charge in [-0.25, -0.2) is 0 Å². The Bertz CT molecular complexity index is 726. The molecular weight excluding hydrogens is 332 g/mol. The minimum atomic E-state index is -1.26. The zero-order chi connectivity index (χ0) is 19.4. The molecule has 0 heterocycles. The lowest BCUT2D eigenvalue weighted by molar-refractivity contribution is -0.164. The summed E-state index contributed by atoms with van der Waals surface area (Å²) in [5, 5.41) is 0. The van der Waals surface area contributed by atoms with Gasteiger partial charge in [-0.15, -0.1) is 0 Å². The number of ketones is 1. The van der Waals surface area contributed by atoms with Gasteiger partial charge < -0.3 is 9.47 Å². The number of methoxy groups -OCH3 is 1. The molecule has 0 N–H and O–H groups in total. The van der Waals surface area contributed by atoms with Crippen LogP contribution in [-0.4, -0.2) is 30.4 Å². The van der Waals surface area contributed by atoms with Crippen LogP contribution in [0.5, 0.6) is 0 Å². The molecule has 0 spiro atoms. The highest BCUT2D eigenvalue weighted by molar-refractivity contribution is 6.14. The van der Waals surface area contributed by atoms with Gasteiger partial charge in [-0.05, 0) is 45.6 Å². The molecule has 26 heavy (non-hydrogen) atoms. The van der Waals surface area contributed by atoms with Crippen LogP contribution in [0.15, 0.2) is 36.4 Å². The topological polar surface area (TPSA) is 69.7 Å². The second kappa shape index (κ2) is 7.85. The number of fused-ring (bicyclic) bond motifs is 1. The van der Waals surface area contributed by atoms with Gasteiger partial charge in [-0.3, -0.25) is 14.4 Å². The van der Waals surface area contributed by atoms with Crippen LogP contribution >= 0.6 is 0 Å². The number of allylic oxidation sites excluding steroid dienone is 1. The third-order valence-corrected chi connectivity index (χ3v) is 4.45. The minimum absolute atomic E-state index is 0.103. The Balaban J connectivity index is 2.32. The standard InChI is InChI=1S/C21H26O5/c1-20(2,3)26-19(24)21(13-8-7-11-17(22)25-4)14-12-15-9-5-6-10-16(15)18(21)23/h5-10H,11-14H2,1-4H3/b8-7+/t21-/m1/s1. The zero-order valence-corrected chi connectivity index (χ0v) is 15.8. The maximum absolute atomic E-state index is 13.2. The first kappa shape index (κ1) is 19.9. The van der Waals surface area contributed by atoms with Crippen molar-refractivity contribution in [3.8, 4) is 0 Å². The summed E-state index contributed by atoms with van der Waals surface area (Å²) in [6.07, 6.45) is 4.66. The fourth-order valence-corrected chi connectivity index (χ4v) is 3.08. The Labute approximate surface area is 154 Å². The van der Waals surface area contributed by atoms with Crippen molar-refractivity contribution in [2.45, 2.75) is 52.1 Å². The predicted octanol–water partition coefficient (Wildman–Crippen LogP) is 3.65. The van der Waals surface area contributed by atoms with E-state index >= 15 is 0 Å². The zero-order valence-electron chi connectivity index (χ0n) is 15.8. The quantitative estimate of drug-likeness (QED) is 0.456. The molecule has 0 aromatic heterocycles. The van der Waals surface area contributed by atoms with Crippen LogP contribution in [0.1, 0.15) is 56.0 Å². The molecule has 1 aliphatic rings. The van der Waals surface area contributed by atoms with Crippen molar-refractivity contribution in [3.05, 3.63) is 47.5 Å². The largest absolute Gasteiger partial charge is 0.469 e. The van der Waals surface area contributed by atoms with E-state index in [0.717, 1.165) is 5.56 Å². The maximum atomic E-state index is 13.2. The van der Waals surface area contributed by atoms with Gasteiger partial charge in [0.15, 0.2) is 5.78 Å². The summed E-state index contributed by atoms with van der Waals surface area (Å²) in [6.45, 7) is 5.35. The molecule has 5 heteroatoms. The van der Waals surface area contributed by atoms with E-state index in [4.69, 9.17) is 4.74 Å². The second-order valence-electron chi connectivity index (χ2n) is 7.53. The highest BCUT2D eigenvalue weighted by Crippen LogP contribution is 2.40. The lowest BCUT2D eigenvalue weighted by Crippen LogP contribution is -2.46. The molecule has 0 aliphatic heterocycles. The van der Waals surface area contributed by atoms with Crippen molar-refractivity contribution in [1.82, 2.24) is 0 Å². The molecule has 0 saturated heterocycles. The van der Waals surface area contributed by atoms with Crippen LogP contribution in [0.2, 0.25) is 0 Å². The van der Waals surface area contributed by atoms with Gasteiger partial charge in [-0.1, -0.05) is 36.4 Å². The van der Waals surface area contributed by atoms with Crippen molar-refractivity contribution in [1.29, 1.82) is 0 Å². The number of carbonyl (C=O) groups excluding carboxylic acids is 3. The molecule has 1 atom stereocenters. The molecule has 1 aliphatic carbocycles. The third-order valence-electron chi connectivity index (χ3n) is 4.45. The van der Waals surface area contributed by atoms with Gasteiger partial charge in [0.1, 0.15) is 11.0 Å². The van der Waals surface area contributed by atoms with Crippen LogP contribution in [0.25, 0.3) is 0 Å². The summed E-state index contributed by atoms with van der Waals surface area (Å²) in [5.74, 6) is -1.09. The van der Waals surface area contributed by atoms with Crippen LogP contribution in [0.3, 0.4) is 0 Å². The summed E-state index contributed by atoms with van der Waals surface area (Å²) in [5.41, 5.74) is -0.410. The number of hydrogen-bond acceptors (Lipinski definition) is 5. The highest BCUT2D eigenvalue weighted by atomic mass is 16.6. The van der Waals surface area contributed by atoms with Crippen LogP contribution < -0.4 is 0 Å². The van der Waals surface area contributed by atoms with E-state index in [1.54, 1.807) is 45.1 Å². The van der Waals surface area contributed by atoms with E-state index in [-0.39, 0.29) is 24.6 Å². The first-order valence-electron chi connectivity index (χ1n) is 8.77. The fraction of sp³-hybridized carbons (Fsp3) is 0.476. The molecule has 140 valence electrons. The third kappa shape index (κ3) is 4.40. The molecule has 1 aromatic carbocycles. The van der Waals surface area contributed by atoms with Gasteiger partial charge in [-0.2, -0.15) is 0 Å². The molecule has 5 nitrogen and oxygen atoms in total. The molecule has 0 amide bonds. The smallest absolute Gasteiger partial charge is 0.320 e. The lowest BCUT2D eigenvalue weighted by Gasteiger charge is -2.36. The molecule has 0 unspecified atom stereocenters. The van der Waals surface area contributed by atoms with Crippen molar-refractivity contribution < 1.29 is 23.9 Å². The number of Topliss-reactive ketones (excluding diaryl/α,β-unsaturated/α-hetero) is 1. The summed E-state index contributed by atoms with van der Waals surface area (Å²) in [6, 6.07) is 7.37. The van der Waals surface area contributed by atoms with Crippen LogP contribution in [0, 0.1) is 5.41 Å². The molecule has 1 aromatic rings. The average molecular weight is 358 g/mol. The lowest BCUT2D eigenvalue weighted by atomic mass is 9.68.